The summed E-state index contributed by atoms with van der Waals surface area (Å²) in [6, 6.07) is 8.00. The minimum atomic E-state index is -0.703. The standard InChI is InChI=1S/C20H23NO4/c1-4-13-5-7-14(8-6-13)21-11-20-10-9-15(25-20)16(17(20)18(21)22)19(23)24-12(2)3/h5-10,12,15-17H,4,11H2,1-3H3/t15-,16-,17+,20+/m0/s1. The second-order valence-electron chi connectivity index (χ2n) is 7.33. The molecule has 0 saturated carbocycles. The summed E-state index contributed by atoms with van der Waals surface area (Å²) in [4.78, 5) is 27.4. The fraction of sp³-hybridized carbons (Fsp3) is 0.500. The molecular formula is C20H23NO4. The largest absolute Gasteiger partial charge is 0.463 e. The monoisotopic (exact) mass is 341 g/mol. The lowest BCUT2D eigenvalue weighted by atomic mass is 9.77. The summed E-state index contributed by atoms with van der Waals surface area (Å²) < 4.78 is 11.5. The molecule has 3 aliphatic rings. The van der Waals surface area contributed by atoms with Gasteiger partial charge in [-0.1, -0.05) is 31.2 Å². The van der Waals surface area contributed by atoms with Gasteiger partial charge in [0.1, 0.15) is 11.5 Å². The van der Waals surface area contributed by atoms with E-state index in [0.717, 1.165) is 12.1 Å². The molecule has 3 aliphatic heterocycles. The summed E-state index contributed by atoms with van der Waals surface area (Å²) in [5.41, 5.74) is 1.37. The molecule has 25 heavy (non-hydrogen) atoms. The van der Waals surface area contributed by atoms with Gasteiger partial charge in [-0.2, -0.15) is 0 Å². The number of carbonyl (C=O) groups is 2. The number of hydrogen-bond acceptors (Lipinski definition) is 4. The Kier molecular flexibility index (Phi) is 3.72. The lowest BCUT2D eigenvalue weighted by Crippen LogP contribution is -2.40. The van der Waals surface area contributed by atoms with Gasteiger partial charge in [0.2, 0.25) is 5.91 Å². The van der Waals surface area contributed by atoms with Crippen molar-refractivity contribution in [2.75, 3.05) is 11.4 Å². The second-order valence-corrected chi connectivity index (χ2v) is 7.33. The number of carbonyl (C=O) groups excluding carboxylic acids is 2. The topological polar surface area (TPSA) is 55.8 Å². The number of hydrogen-bond donors (Lipinski definition) is 0. The van der Waals surface area contributed by atoms with Gasteiger partial charge < -0.3 is 14.4 Å². The highest BCUT2D eigenvalue weighted by Gasteiger charge is 2.67. The molecule has 0 aromatic heterocycles. The van der Waals surface area contributed by atoms with Crippen LogP contribution >= 0.6 is 0 Å². The molecule has 132 valence electrons. The molecule has 2 bridgehead atoms. The van der Waals surface area contributed by atoms with E-state index in [1.54, 1.807) is 4.90 Å². The van der Waals surface area contributed by atoms with E-state index < -0.39 is 17.4 Å². The Morgan fingerprint density at radius 3 is 2.72 bits per heavy atom. The first-order valence-electron chi connectivity index (χ1n) is 8.93. The molecule has 0 aliphatic carbocycles. The smallest absolute Gasteiger partial charge is 0.313 e. The number of aryl methyl sites for hydroxylation is 1. The Morgan fingerprint density at radius 2 is 2.08 bits per heavy atom. The zero-order chi connectivity index (χ0) is 17.8. The van der Waals surface area contributed by atoms with E-state index in [-0.39, 0.29) is 24.1 Å². The molecule has 0 N–H and O–H groups in total. The Hall–Kier alpha value is -2.14. The molecule has 4 rings (SSSR count). The van der Waals surface area contributed by atoms with Crippen molar-refractivity contribution in [3.05, 3.63) is 42.0 Å². The van der Waals surface area contributed by atoms with Crippen LogP contribution in [0.15, 0.2) is 36.4 Å². The number of amides is 1. The third kappa shape index (κ3) is 2.41. The van der Waals surface area contributed by atoms with Gasteiger partial charge >= 0.3 is 5.97 Å². The van der Waals surface area contributed by atoms with Crippen molar-refractivity contribution in [2.45, 2.75) is 45.0 Å². The number of esters is 1. The first-order valence-corrected chi connectivity index (χ1v) is 8.93. The number of anilines is 1. The van der Waals surface area contributed by atoms with Crippen LogP contribution in [-0.4, -0.2) is 36.2 Å². The molecule has 1 spiro atoms. The molecule has 2 saturated heterocycles. The molecule has 0 unspecified atom stereocenters. The first-order chi connectivity index (χ1) is 11.9. The Balaban J connectivity index is 1.64. The van der Waals surface area contributed by atoms with E-state index in [0.29, 0.717) is 6.54 Å². The van der Waals surface area contributed by atoms with Crippen LogP contribution in [0, 0.1) is 11.8 Å². The van der Waals surface area contributed by atoms with E-state index in [2.05, 4.69) is 6.92 Å². The SMILES string of the molecule is CCc1ccc(N2C[C@@]34C=C[C@H](O3)[C@H](C(=O)OC(C)C)[C@@H]4C2=O)cc1. The maximum Gasteiger partial charge on any atom is 0.313 e. The molecular weight excluding hydrogens is 318 g/mol. The van der Waals surface area contributed by atoms with E-state index in [9.17, 15) is 9.59 Å². The van der Waals surface area contributed by atoms with Crippen LogP contribution in [-0.2, 0) is 25.5 Å². The molecule has 1 aromatic rings. The maximum atomic E-state index is 13.1. The third-order valence-electron chi connectivity index (χ3n) is 5.38. The van der Waals surface area contributed by atoms with Crippen LogP contribution in [0.25, 0.3) is 0 Å². The summed E-state index contributed by atoms with van der Waals surface area (Å²) >= 11 is 0. The lowest BCUT2D eigenvalue weighted by Gasteiger charge is -2.23. The van der Waals surface area contributed by atoms with E-state index >= 15 is 0 Å². The van der Waals surface area contributed by atoms with Crippen molar-refractivity contribution >= 4 is 17.6 Å². The first kappa shape index (κ1) is 16.3. The van der Waals surface area contributed by atoms with E-state index in [1.165, 1.54) is 5.56 Å². The molecule has 5 heteroatoms. The molecule has 4 atom stereocenters. The molecule has 3 heterocycles. The number of fused-ring (bicyclic) bond motifs is 1. The highest BCUT2D eigenvalue weighted by atomic mass is 16.6. The highest BCUT2D eigenvalue weighted by Crippen LogP contribution is 2.52. The van der Waals surface area contributed by atoms with Crippen molar-refractivity contribution < 1.29 is 19.1 Å². The average molecular weight is 341 g/mol. The number of benzene rings is 1. The fourth-order valence-electron chi connectivity index (χ4n) is 4.21. The van der Waals surface area contributed by atoms with Crippen molar-refractivity contribution in [2.24, 2.45) is 11.8 Å². The van der Waals surface area contributed by atoms with Gasteiger partial charge in [-0.05, 0) is 38.0 Å². The zero-order valence-electron chi connectivity index (χ0n) is 14.8. The van der Waals surface area contributed by atoms with Crippen LogP contribution in [0.5, 0.6) is 0 Å². The molecule has 1 aromatic carbocycles. The molecule has 2 fully saturated rings. The fourth-order valence-corrected chi connectivity index (χ4v) is 4.21. The highest BCUT2D eigenvalue weighted by molar-refractivity contribution is 6.02. The van der Waals surface area contributed by atoms with Gasteiger partial charge in [-0.3, -0.25) is 9.59 Å². The van der Waals surface area contributed by atoms with Crippen LogP contribution in [0.2, 0.25) is 0 Å². The van der Waals surface area contributed by atoms with Crippen molar-refractivity contribution in [3.63, 3.8) is 0 Å². The van der Waals surface area contributed by atoms with Gasteiger partial charge in [0.05, 0.1) is 24.7 Å². The summed E-state index contributed by atoms with van der Waals surface area (Å²) in [6.07, 6.45) is 4.25. The normalized spacial score (nSPS) is 32.6. The molecule has 1 amide bonds. The summed E-state index contributed by atoms with van der Waals surface area (Å²) in [5.74, 6) is -1.45. The Bertz CT molecular complexity index is 739. The average Bonchev–Trinajstić information content (AvgIpc) is 3.22. The maximum absolute atomic E-state index is 13.1. The second kappa shape index (κ2) is 5.70. The summed E-state index contributed by atoms with van der Waals surface area (Å²) in [7, 11) is 0. The van der Waals surface area contributed by atoms with E-state index in [1.807, 2.05) is 50.3 Å². The number of rotatable bonds is 4. The third-order valence-corrected chi connectivity index (χ3v) is 5.38. The minimum absolute atomic E-state index is 0.0539. The lowest BCUT2D eigenvalue weighted by molar-refractivity contribution is -0.156. The predicted molar refractivity (Wildman–Crippen MR) is 93.1 cm³/mol. The van der Waals surface area contributed by atoms with Gasteiger partial charge in [-0.25, -0.2) is 0 Å². The van der Waals surface area contributed by atoms with Crippen molar-refractivity contribution in [1.82, 2.24) is 0 Å². The van der Waals surface area contributed by atoms with Crippen LogP contribution in [0.1, 0.15) is 26.3 Å². The van der Waals surface area contributed by atoms with Crippen LogP contribution < -0.4 is 4.90 Å². The van der Waals surface area contributed by atoms with Crippen LogP contribution in [0.4, 0.5) is 5.69 Å². The van der Waals surface area contributed by atoms with Crippen molar-refractivity contribution in [3.8, 4) is 0 Å². The number of ether oxygens (including phenoxy) is 2. The zero-order valence-corrected chi connectivity index (χ0v) is 14.8. The predicted octanol–water partition coefficient (Wildman–Crippen LogP) is 2.49. The molecule has 0 radical (unpaired) electrons. The summed E-state index contributed by atoms with van der Waals surface area (Å²) in [5, 5.41) is 0. The quantitative estimate of drug-likeness (QED) is 0.624. The Morgan fingerprint density at radius 1 is 1.36 bits per heavy atom. The van der Waals surface area contributed by atoms with Gasteiger partial charge in [-0.15, -0.1) is 0 Å². The molecule has 5 nitrogen and oxygen atoms in total. The van der Waals surface area contributed by atoms with Gasteiger partial charge in [0.15, 0.2) is 0 Å². The van der Waals surface area contributed by atoms with Crippen LogP contribution in [0.3, 0.4) is 0 Å². The Labute approximate surface area is 147 Å². The number of nitrogens with zero attached hydrogens (tertiary/aromatic N) is 1. The summed E-state index contributed by atoms with van der Waals surface area (Å²) in [6.45, 7) is 6.17. The minimum Gasteiger partial charge on any atom is -0.463 e. The van der Waals surface area contributed by atoms with Gasteiger partial charge in [0, 0.05) is 5.69 Å². The van der Waals surface area contributed by atoms with Crippen molar-refractivity contribution in [1.29, 1.82) is 0 Å². The van der Waals surface area contributed by atoms with Gasteiger partial charge in [0.25, 0.3) is 0 Å². The van der Waals surface area contributed by atoms with E-state index in [4.69, 9.17) is 9.47 Å².